The lowest BCUT2D eigenvalue weighted by atomic mass is 10.5. The summed E-state index contributed by atoms with van der Waals surface area (Å²) in [5.74, 6) is -0.157. The summed E-state index contributed by atoms with van der Waals surface area (Å²) in [5.41, 5.74) is 0. The number of ether oxygens (including phenoxy) is 3. The van der Waals surface area contributed by atoms with E-state index in [-0.39, 0.29) is 5.97 Å². The van der Waals surface area contributed by atoms with Gasteiger partial charge in [-0.25, -0.2) is 0 Å². The van der Waals surface area contributed by atoms with Gasteiger partial charge in [0.05, 0.1) is 7.11 Å². The van der Waals surface area contributed by atoms with Gasteiger partial charge in [0, 0.05) is 20.1 Å². The molecule has 0 saturated carbocycles. The molecule has 0 amide bonds. The molecule has 0 aromatic rings. The van der Waals surface area contributed by atoms with Gasteiger partial charge in [-0.2, -0.15) is 0 Å². The number of esters is 1. The molecule has 0 saturated heterocycles. The first-order valence-electron chi connectivity index (χ1n) is 3.86. The van der Waals surface area contributed by atoms with E-state index in [0.717, 1.165) is 6.61 Å². The third kappa shape index (κ3) is 16.2. The number of carbonyl (C=O) groups excluding carboxylic acids is 1. The predicted molar refractivity (Wildman–Crippen MR) is 45.8 cm³/mol. The minimum absolute atomic E-state index is 0.157. The molecule has 0 aliphatic rings. The molecule has 0 aromatic carbocycles. The van der Waals surface area contributed by atoms with E-state index >= 15 is 0 Å². The van der Waals surface area contributed by atoms with Crippen molar-refractivity contribution in [1.29, 1.82) is 0 Å². The second kappa shape index (κ2) is 13.0. The zero-order valence-corrected chi connectivity index (χ0v) is 8.25. The van der Waals surface area contributed by atoms with Crippen LogP contribution < -0.4 is 0 Å². The average Bonchev–Trinajstić information content (AvgIpc) is 2.14. The Morgan fingerprint density at radius 3 is 1.92 bits per heavy atom. The van der Waals surface area contributed by atoms with Crippen LogP contribution in [0.2, 0.25) is 0 Å². The molecule has 0 radical (unpaired) electrons. The molecule has 0 fully saturated rings. The summed E-state index contributed by atoms with van der Waals surface area (Å²) in [4.78, 5) is 9.96. The highest BCUT2D eigenvalue weighted by Crippen LogP contribution is 1.76. The Labute approximate surface area is 73.8 Å². The lowest BCUT2D eigenvalue weighted by molar-refractivity contribution is -0.140. The van der Waals surface area contributed by atoms with Gasteiger partial charge in [-0.3, -0.25) is 4.79 Å². The molecule has 4 heteroatoms. The van der Waals surface area contributed by atoms with Gasteiger partial charge < -0.3 is 14.2 Å². The van der Waals surface area contributed by atoms with Crippen LogP contribution in [-0.4, -0.2) is 33.6 Å². The molecule has 0 atom stereocenters. The van der Waals surface area contributed by atoms with Crippen molar-refractivity contribution in [3.05, 3.63) is 0 Å². The summed E-state index contributed by atoms with van der Waals surface area (Å²) in [6, 6.07) is 0. The van der Waals surface area contributed by atoms with E-state index in [1.54, 1.807) is 14.0 Å². The Bertz CT molecular complexity index is 83.1. The van der Waals surface area contributed by atoms with Gasteiger partial charge in [-0.05, 0) is 6.92 Å². The fraction of sp³-hybridized carbons (Fsp3) is 0.875. The molecule has 0 aliphatic carbocycles. The van der Waals surface area contributed by atoms with Gasteiger partial charge in [0.1, 0.15) is 6.79 Å². The molecule has 0 rings (SSSR count). The van der Waals surface area contributed by atoms with Gasteiger partial charge in [0.2, 0.25) is 0 Å². The van der Waals surface area contributed by atoms with Crippen molar-refractivity contribution in [2.45, 2.75) is 20.3 Å². The van der Waals surface area contributed by atoms with Crippen molar-refractivity contribution in [3.8, 4) is 0 Å². The number of methoxy groups -OCH3 is 2. The molecule has 0 spiro atoms. The maximum Gasteiger partial charge on any atom is 0.305 e. The number of hydrogen-bond acceptors (Lipinski definition) is 4. The van der Waals surface area contributed by atoms with Crippen molar-refractivity contribution in [3.63, 3.8) is 0 Å². The normalized spacial score (nSPS) is 8.33. The van der Waals surface area contributed by atoms with Crippen LogP contribution in [0.25, 0.3) is 0 Å². The minimum Gasteiger partial charge on any atom is -0.469 e. The highest BCUT2D eigenvalue weighted by Gasteiger charge is 1.87. The van der Waals surface area contributed by atoms with E-state index in [1.807, 2.05) is 6.92 Å². The monoisotopic (exact) mass is 178 g/mol. The van der Waals surface area contributed by atoms with E-state index in [2.05, 4.69) is 9.47 Å². The second-order valence-electron chi connectivity index (χ2n) is 1.83. The van der Waals surface area contributed by atoms with E-state index < -0.39 is 0 Å². The Kier molecular flexibility index (Phi) is 15.1. The molecular weight excluding hydrogens is 160 g/mol. The van der Waals surface area contributed by atoms with Crippen LogP contribution in [0.3, 0.4) is 0 Å². The minimum atomic E-state index is -0.157. The summed E-state index contributed by atoms with van der Waals surface area (Å²) in [7, 11) is 2.99. The maximum atomic E-state index is 9.96. The highest BCUT2D eigenvalue weighted by atomic mass is 16.7. The first-order valence-corrected chi connectivity index (χ1v) is 3.86. The third-order valence-electron chi connectivity index (χ3n) is 0.922. The summed E-state index contributed by atoms with van der Waals surface area (Å²) >= 11 is 0. The smallest absolute Gasteiger partial charge is 0.305 e. The van der Waals surface area contributed by atoms with Crippen molar-refractivity contribution in [2.75, 3.05) is 27.6 Å². The zero-order valence-electron chi connectivity index (χ0n) is 8.25. The lowest BCUT2D eigenvalue weighted by Gasteiger charge is -1.93. The fourth-order valence-electron chi connectivity index (χ4n) is 0.311. The molecule has 0 bridgehead atoms. The van der Waals surface area contributed by atoms with E-state index in [4.69, 9.17) is 4.74 Å². The number of carbonyl (C=O) groups is 1. The first kappa shape index (κ1) is 13.9. The van der Waals surface area contributed by atoms with Crippen LogP contribution in [0.5, 0.6) is 0 Å². The standard InChI is InChI=1S/C4H10O2.C4H8O2/c1-3-6-4-5-2;1-3-4(5)6-2/h3-4H2,1-2H3;3H2,1-2H3. The molecule has 0 aliphatic heterocycles. The Hall–Kier alpha value is -0.610. The van der Waals surface area contributed by atoms with Gasteiger partial charge in [-0.15, -0.1) is 0 Å². The Balaban J connectivity index is 0. The highest BCUT2D eigenvalue weighted by molar-refractivity contribution is 5.68. The van der Waals surface area contributed by atoms with Crippen molar-refractivity contribution >= 4 is 5.97 Å². The molecule has 0 N–H and O–H groups in total. The molecule has 12 heavy (non-hydrogen) atoms. The topological polar surface area (TPSA) is 44.8 Å². The molecular formula is C8H18O4. The van der Waals surface area contributed by atoms with Crippen LogP contribution in [-0.2, 0) is 19.0 Å². The second-order valence-corrected chi connectivity index (χ2v) is 1.83. The molecule has 0 aromatic heterocycles. The molecule has 0 unspecified atom stereocenters. The van der Waals surface area contributed by atoms with Crippen LogP contribution in [0.4, 0.5) is 0 Å². The molecule has 74 valence electrons. The Morgan fingerprint density at radius 1 is 1.25 bits per heavy atom. The predicted octanol–water partition coefficient (Wildman–Crippen LogP) is 1.20. The van der Waals surface area contributed by atoms with Gasteiger partial charge in [0.15, 0.2) is 0 Å². The van der Waals surface area contributed by atoms with Crippen LogP contribution >= 0.6 is 0 Å². The van der Waals surface area contributed by atoms with E-state index in [1.165, 1.54) is 7.11 Å². The zero-order chi connectivity index (χ0) is 9.82. The van der Waals surface area contributed by atoms with Crippen molar-refractivity contribution < 1.29 is 19.0 Å². The van der Waals surface area contributed by atoms with Crippen LogP contribution in [0.15, 0.2) is 0 Å². The van der Waals surface area contributed by atoms with Gasteiger partial charge in [0.25, 0.3) is 0 Å². The first-order chi connectivity index (χ1) is 5.72. The third-order valence-corrected chi connectivity index (χ3v) is 0.922. The number of rotatable bonds is 4. The SMILES string of the molecule is CCC(=O)OC.CCOCOC. The summed E-state index contributed by atoms with van der Waals surface area (Å²) < 4.78 is 13.6. The van der Waals surface area contributed by atoms with Crippen LogP contribution in [0.1, 0.15) is 20.3 Å². The number of hydrogen-bond donors (Lipinski definition) is 0. The van der Waals surface area contributed by atoms with E-state index in [0.29, 0.717) is 13.2 Å². The summed E-state index contributed by atoms with van der Waals surface area (Å²) in [5, 5.41) is 0. The summed E-state index contributed by atoms with van der Waals surface area (Å²) in [6.45, 7) is 4.83. The molecule has 4 nitrogen and oxygen atoms in total. The maximum absolute atomic E-state index is 9.96. The van der Waals surface area contributed by atoms with Crippen LogP contribution in [0, 0.1) is 0 Å². The van der Waals surface area contributed by atoms with Crippen molar-refractivity contribution in [1.82, 2.24) is 0 Å². The van der Waals surface area contributed by atoms with E-state index in [9.17, 15) is 4.79 Å². The van der Waals surface area contributed by atoms with Gasteiger partial charge >= 0.3 is 5.97 Å². The quantitative estimate of drug-likeness (QED) is 0.368. The summed E-state index contributed by atoms with van der Waals surface area (Å²) in [6.07, 6.45) is 0.469. The fourth-order valence-corrected chi connectivity index (χ4v) is 0.311. The lowest BCUT2D eigenvalue weighted by Crippen LogP contribution is -1.94. The largest absolute Gasteiger partial charge is 0.469 e. The van der Waals surface area contributed by atoms with Gasteiger partial charge in [-0.1, -0.05) is 6.92 Å². The Morgan fingerprint density at radius 2 is 1.83 bits per heavy atom. The van der Waals surface area contributed by atoms with Crippen molar-refractivity contribution in [2.24, 2.45) is 0 Å². The average molecular weight is 178 g/mol. The molecule has 0 heterocycles.